The molecule has 2 aromatic heterocycles. The molecule has 0 spiro atoms. The van der Waals surface area contributed by atoms with Gasteiger partial charge in [-0.3, -0.25) is 4.79 Å². The topological polar surface area (TPSA) is 71.3 Å². The standard InChI is InChI=1S/C20H21FN4O2/c1-12-13(2)27-20-17(12)18(22-11-23-20)25-9-3-4-14(10-25)19(26)24-16-7-5-15(21)6-8-16/h5-8,11,14H,3-4,9-10H2,1-2H3,(H,24,26)/t14-/m0/s1. The third-order valence-electron chi connectivity index (χ3n) is 5.15. The van der Waals surface area contributed by atoms with Crippen LogP contribution in [-0.4, -0.2) is 29.0 Å². The van der Waals surface area contributed by atoms with Gasteiger partial charge in [-0.25, -0.2) is 14.4 Å². The Bertz CT molecular complexity index is 984. The van der Waals surface area contributed by atoms with Crippen molar-refractivity contribution in [2.75, 3.05) is 23.3 Å². The van der Waals surface area contributed by atoms with Gasteiger partial charge in [0, 0.05) is 24.3 Å². The van der Waals surface area contributed by atoms with Crippen molar-refractivity contribution in [3.63, 3.8) is 0 Å². The van der Waals surface area contributed by atoms with Crippen LogP contribution in [0.2, 0.25) is 0 Å². The van der Waals surface area contributed by atoms with Crippen LogP contribution in [0.25, 0.3) is 11.1 Å². The maximum atomic E-state index is 13.0. The summed E-state index contributed by atoms with van der Waals surface area (Å²) in [5, 5.41) is 3.79. The molecule has 1 N–H and O–H groups in total. The summed E-state index contributed by atoms with van der Waals surface area (Å²) >= 11 is 0. The van der Waals surface area contributed by atoms with Crippen molar-refractivity contribution in [3.05, 3.63) is 47.7 Å². The van der Waals surface area contributed by atoms with Crippen molar-refractivity contribution in [1.82, 2.24) is 9.97 Å². The third kappa shape index (κ3) is 3.37. The Morgan fingerprint density at radius 2 is 2.04 bits per heavy atom. The first-order valence-electron chi connectivity index (χ1n) is 9.05. The van der Waals surface area contributed by atoms with Gasteiger partial charge in [0.1, 0.15) is 23.7 Å². The zero-order chi connectivity index (χ0) is 19.0. The van der Waals surface area contributed by atoms with E-state index in [1.807, 2.05) is 13.8 Å². The molecule has 0 radical (unpaired) electrons. The summed E-state index contributed by atoms with van der Waals surface area (Å²) in [5.41, 5.74) is 2.20. The molecule has 1 fully saturated rings. The maximum Gasteiger partial charge on any atom is 0.231 e. The normalized spacial score (nSPS) is 17.3. The minimum Gasteiger partial charge on any atom is -0.443 e. The second-order valence-electron chi connectivity index (χ2n) is 6.94. The average Bonchev–Trinajstić information content (AvgIpc) is 2.98. The highest BCUT2D eigenvalue weighted by Crippen LogP contribution is 2.32. The van der Waals surface area contributed by atoms with Gasteiger partial charge >= 0.3 is 0 Å². The molecule has 1 amide bonds. The number of piperidine rings is 1. The number of nitrogens with zero attached hydrogens (tertiary/aromatic N) is 3. The summed E-state index contributed by atoms with van der Waals surface area (Å²) < 4.78 is 18.7. The molecule has 0 bridgehead atoms. The highest BCUT2D eigenvalue weighted by molar-refractivity contribution is 5.94. The number of hydrogen-bond donors (Lipinski definition) is 1. The fourth-order valence-corrected chi connectivity index (χ4v) is 3.56. The molecular weight excluding hydrogens is 347 g/mol. The number of benzene rings is 1. The Morgan fingerprint density at radius 1 is 1.26 bits per heavy atom. The molecule has 7 heteroatoms. The molecule has 0 aliphatic carbocycles. The minimum absolute atomic E-state index is 0.0586. The second-order valence-corrected chi connectivity index (χ2v) is 6.94. The van der Waals surface area contributed by atoms with E-state index in [2.05, 4.69) is 20.2 Å². The van der Waals surface area contributed by atoms with Crippen molar-refractivity contribution in [2.24, 2.45) is 5.92 Å². The SMILES string of the molecule is Cc1oc2ncnc(N3CCC[C@H](C(=O)Nc4ccc(F)cc4)C3)c2c1C. The Morgan fingerprint density at radius 3 is 2.81 bits per heavy atom. The van der Waals surface area contributed by atoms with Crippen molar-refractivity contribution >= 4 is 28.5 Å². The third-order valence-corrected chi connectivity index (χ3v) is 5.15. The van der Waals surface area contributed by atoms with Gasteiger partial charge in [0.05, 0.1) is 11.3 Å². The van der Waals surface area contributed by atoms with Crippen LogP contribution in [0.1, 0.15) is 24.2 Å². The van der Waals surface area contributed by atoms with Crippen molar-refractivity contribution in [3.8, 4) is 0 Å². The van der Waals surface area contributed by atoms with E-state index in [9.17, 15) is 9.18 Å². The van der Waals surface area contributed by atoms with Gasteiger partial charge in [0.25, 0.3) is 0 Å². The van der Waals surface area contributed by atoms with Crippen molar-refractivity contribution in [1.29, 1.82) is 0 Å². The first-order chi connectivity index (χ1) is 13.0. The van der Waals surface area contributed by atoms with Crippen LogP contribution in [0, 0.1) is 25.6 Å². The van der Waals surface area contributed by atoms with Gasteiger partial charge in [-0.15, -0.1) is 0 Å². The highest BCUT2D eigenvalue weighted by atomic mass is 19.1. The molecule has 3 aromatic rings. The van der Waals surface area contributed by atoms with E-state index in [1.165, 1.54) is 18.5 Å². The predicted molar refractivity (Wildman–Crippen MR) is 101 cm³/mol. The number of nitrogens with one attached hydrogen (secondary N) is 1. The van der Waals surface area contributed by atoms with E-state index >= 15 is 0 Å². The Kier molecular flexibility index (Phi) is 4.51. The quantitative estimate of drug-likeness (QED) is 0.761. The first kappa shape index (κ1) is 17.5. The lowest BCUT2D eigenvalue weighted by atomic mass is 9.96. The molecule has 27 heavy (non-hydrogen) atoms. The van der Waals surface area contributed by atoms with E-state index in [0.717, 1.165) is 41.9 Å². The zero-order valence-electron chi connectivity index (χ0n) is 15.3. The number of carbonyl (C=O) groups excluding carboxylic acids is 1. The lowest BCUT2D eigenvalue weighted by molar-refractivity contribution is -0.120. The molecule has 1 aliphatic rings. The first-order valence-corrected chi connectivity index (χ1v) is 9.05. The number of fused-ring (bicyclic) bond motifs is 1. The van der Waals surface area contributed by atoms with Crippen LogP contribution in [0.3, 0.4) is 0 Å². The lowest BCUT2D eigenvalue weighted by Crippen LogP contribution is -2.41. The number of aryl methyl sites for hydroxylation is 2. The number of aromatic nitrogens is 2. The Labute approximate surface area is 156 Å². The molecule has 4 rings (SSSR count). The lowest BCUT2D eigenvalue weighted by Gasteiger charge is -2.33. The van der Waals surface area contributed by atoms with Gasteiger partial charge in [-0.2, -0.15) is 0 Å². The van der Waals surface area contributed by atoms with Crippen LogP contribution < -0.4 is 10.2 Å². The fourth-order valence-electron chi connectivity index (χ4n) is 3.56. The van der Waals surface area contributed by atoms with Crippen LogP contribution in [-0.2, 0) is 4.79 Å². The molecule has 0 saturated carbocycles. The second kappa shape index (κ2) is 6.98. The van der Waals surface area contributed by atoms with Gasteiger partial charge in [0.2, 0.25) is 11.6 Å². The fraction of sp³-hybridized carbons (Fsp3) is 0.350. The monoisotopic (exact) mass is 368 g/mol. The Hall–Kier alpha value is -2.96. The van der Waals surface area contributed by atoms with Gasteiger partial charge in [0.15, 0.2) is 0 Å². The number of halogens is 1. The van der Waals surface area contributed by atoms with Crippen LogP contribution in [0.5, 0.6) is 0 Å². The number of anilines is 2. The molecule has 6 nitrogen and oxygen atoms in total. The molecule has 1 atom stereocenters. The van der Waals surface area contributed by atoms with Gasteiger partial charge in [-0.1, -0.05) is 0 Å². The van der Waals surface area contributed by atoms with E-state index in [-0.39, 0.29) is 17.6 Å². The Balaban J connectivity index is 1.55. The summed E-state index contributed by atoms with van der Waals surface area (Å²) in [4.78, 5) is 23.5. The van der Waals surface area contributed by atoms with Gasteiger partial charge in [-0.05, 0) is 51.0 Å². The summed E-state index contributed by atoms with van der Waals surface area (Å²) in [5.74, 6) is 1.09. The molecule has 0 unspecified atom stereocenters. The van der Waals surface area contributed by atoms with E-state index in [1.54, 1.807) is 12.1 Å². The number of hydrogen-bond acceptors (Lipinski definition) is 5. The molecular formula is C20H21FN4O2. The summed E-state index contributed by atoms with van der Waals surface area (Å²) in [7, 11) is 0. The van der Waals surface area contributed by atoms with Crippen molar-refractivity contribution < 1.29 is 13.6 Å². The van der Waals surface area contributed by atoms with Crippen LogP contribution in [0.4, 0.5) is 15.9 Å². The van der Waals surface area contributed by atoms with Crippen LogP contribution in [0.15, 0.2) is 35.0 Å². The predicted octanol–water partition coefficient (Wildman–Crippen LogP) is 3.83. The molecule has 1 aliphatic heterocycles. The number of amides is 1. The summed E-state index contributed by atoms with van der Waals surface area (Å²) in [6.07, 6.45) is 3.20. The van der Waals surface area contributed by atoms with Crippen molar-refractivity contribution in [2.45, 2.75) is 26.7 Å². The minimum atomic E-state index is -0.324. The van der Waals surface area contributed by atoms with E-state index in [0.29, 0.717) is 17.9 Å². The molecule has 140 valence electrons. The van der Waals surface area contributed by atoms with E-state index in [4.69, 9.17) is 4.42 Å². The smallest absolute Gasteiger partial charge is 0.231 e. The molecule has 3 heterocycles. The number of carbonyl (C=O) groups is 1. The van der Waals surface area contributed by atoms with E-state index < -0.39 is 0 Å². The summed E-state index contributed by atoms with van der Waals surface area (Å²) in [6, 6.07) is 5.81. The van der Waals surface area contributed by atoms with Crippen LogP contribution >= 0.6 is 0 Å². The highest BCUT2D eigenvalue weighted by Gasteiger charge is 2.28. The molecule has 1 aromatic carbocycles. The molecule has 1 saturated heterocycles. The summed E-state index contributed by atoms with van der Waals surface area (Å²) in [6.45, 7) is 5.31. The largest absolute Gasteiger partial charge is 0.443 e. The number of furan rings is 1. The maximum absolute atomic E-state index is 13.0. The number of rotatable bonds is 3. The van der Waals surface area contributed by atoms with Gasteiger partial charge < -0.3 is 14.6 Å². The zero-order valence-corrected chi connectivity index (χ0v) is 15.3. The average molecular weight is 368 g/mol.